The Kier molecular flexibility index (Phi) is 8.68. The molecule has 0 spiro atoms. The second-order valence-corrected chi connectivity index (χ2v) is 8.69. The highest BCUT2D eigenvalue weighted by Crippen LogP contribution is 2.21. The van der Waals surface area contributed by atoms with Crippen molar-refractivity contribution >= 4 is 35.5 Å². The highest BCUT2D eigenvalue weighted by Gasteiger charge is 2.19. The van der Waals surface area contributed by atoms with Crippen molar-refractivity contribution in [2.75, 3.05) is 13.3 Å². The lowest BCUT2D eigenvalue weighted by Crippen LogP contribution is -2.32. The number of carbonyl (C=O) groups is 2. The van der Waals surface area contributed by atoms with Gasteiger partial charge in [-0.2, -0.15) is 0 Å². The van der Waals surface area contributed by atoms with E-state index >= 15 is 0 Å². The number of benzene rings is 2. The Bertz CT molecular complexity index is 992. The quantitative estimate of drug-likeness (QED) is 0.435. The maximum atomic E-state index is 13.1. The third-order valence-electron chi connectivity index (χ3n) is 5.70. The molecule has 0 saturated heterocycles. The van der Waals surface area contributed by atoms with Crippen LogP contribution in [-0.2, 0) is 6.54 Å². The van der Waals surface area contributed by atoms with E-state index in [1.807, 2.05) is 67.8 Å². The number of nitrogens with one attached hydrogen (secondary N) is 1. The third kappa shape index (κ3) is 6.10. The maximum absolute atomic E-state index is 13.1. The van der Waals surface area contributed by atoms with Crippen molar-refractivity contribution in [2.45, 2.75) is 45.2 Å². The van der Waals surface area contributed by atoms with Gasteiger partial charge in [0.05, 0.1) is 6.54 Å². The molecule has 3 rings (SSSR count). The zero-order valence-corrected chi connectivity index (χ0v) is 19.8. The fourth-order valence-corrected chi connectivity index (χ4v) is 4.49. The number of nitrogens with zero attached hydrogens (tertiary/aromatic N) is 2. The zero-order chi connectivity index (χ0) is 22.9. The number of aliphatic imine (C=N–C) groups is 1. The van der Waals surface area contributed by atoms with E-state index in [0.29, 0.717) is 17.7 Å². The summed E-state index contributed by atoms with van der Waals surface area (Å²) < 4.78 is 1.72. The minimum atomic E-state index is -0.0592. The van der Waals surface area contributed by atoms with Gasteiger partial charge >= 0.3 is 0 Å². The molecule has 168 valence electrons. The lowest BCUT2D eigenvalue weighted by atomic mass is 10.0. The fourth-order valence-electron chi connectivity index (χ4n) is 3.94. The maximum Gasteiger partial charge on any atom is 0.264 e. The van der Waals surface area contributed by atoms with Crippen molar-refractivity contribution in [1.82, 2.24) is 9.62 Å². The molecule has 1 saturated carbocycles. The van der Waals surface area contributed by atoms with Crippen molar-refractivity contribution in [2.24, 2.45) is 4.99 Å². The van der Waals surface area contributed by atoms with Gasteiger partial charge in [-0.25, -0.2) is 0 Å². The Morgan fingerprint density at radius 3 is 2.41 bits per heavy atom. The standard InChI is InChI=1S/C26H31N3O2S/c1-4-20(17-27-2)21-12-14-22(15-13-21)26(31)29(32-3)18-19-8-7-9-23(16-19)25(30)28-24-10-5-6-11-24/h4,7-9,12-17,24H,5-6,10-11,18H2,1-3H3,(H,28,30)/b20-4+,27-17-. The van der Waals surface area contributed by atoms with Crippen LogP contribution in [0.15, 0.2) is 59.6 Å². The van der Waals surface area contributed by atoms with Crippen LogP contribution in [0.4, 0.5) is 0 Å². The second kappa shape index (κ2) is 11.7. The van der Waals surface area contributed by atoms with E-state index in [2.05, 4.69) is 10.3 Å². The highest BCUT2D eigenvalue weighted by molar-refractivity contribution is 7.96. The summed E-state index contributed by atoms with van der Waals surface area (Å²) in [6.07, 6.45) is 10.2. The van der Waals surface area contributed by atoms with Gasteiger partial charge in [-0.3, -0.25) is 18.9 Å². The summed E-state index contributed by atoms with van der Waals surface area (Å²) in [6.45, 7) is 2.39. The van der Waals surface area contributed by atoms with Crippen LogP contribution in [0.1, 0.15) is 64.4 Å². The smallest absolute Gasteiger partial charge is 0.264 e. The minimum absolute atomic E-state index is 0.0354. The first-order chi connectivity index (χ1) is 15.5. The number of allylic oxidation sites excluding steroid dienone is 2. The van der Waals surface area contributed by atoms with Crippen molar-refractivity contribution in [3.8, 4) is 0 Å². The number of hydrogen-bond donors (Lipinski definition) is 1. The molecule has 2 aromatic carbocycles. The van der Waals surface area contributed by atoms with Gasteiger partial charge in [-0.15, -0.1) is 0 Å². The monoisotopic (exact) mass is 449 g/mol. The van der Waals surface area contributed by atoms with E-state index in [9.17, 15) is 9.59 Å². The Morgan fingerprint density at radius 2 is 1.78 bits per heavy atom. The first-order valence-corrected chi connectivity index (χ1v) is 12.2. The van der Waals surface area contributed by atoms with Crippen LogP contribution in [-0.4, -0.2) is 41.7 Å². The molecule has 0 bridgehead atoms. The van der Waals surface area contributed by atoms with Crippen LogP contribution >= 0.6 is 11.9 Å². The zero-order valence-electron chi connectivity index (χ0n) is 19.0. The summed E-state index contributed by atoms with van der Waals surface area (Å²) in [6, 6.07) is 15.4. The predicted octanol–water partition coefficient (Wildman–Crippen LogP) is 5.38. The lowest BCUT2D eigenvalue weighted by Gasteiger charge is -2.20. The summed E-state index contributed by atoms with van der Waals surface area (Å²) in [5.74, 6) is -0.0946. The minimum Gasteiger partial charge on any atom is -0.349 e. The molecule has 1 fully saturated rings. The van der Waals surface area contributed by atoms with Crippen LogP contribution in [0.5, 0.6) is 0 Å². The summed E-state index contributed by atoms with van der Waals surface area (Å²) in [4.78, 5) is 29.8. The lowest BCUT2D eigenvalue weighted by molar-refractivity contribution is 0.0866. The normalized spacial score (nSPS) is 14.7. The topological polar surface area (TPSA) is 61.8 Å². The van der Waals surface area contributed by atoms with E-state index in [1.54, 1.807) is 17.6 Å². The van der Waals surface area contributed by atoms with E-state index in [0.717, 1.165) is 29.5 Å². The van der Waals surface area contributed by atoms with E-state index in [-0.39, 0.29) is 17.9 Å². The molecule has 5 nitrogen and oxygen atoms in total. The average Bonchev–Trinajstić information content (AvgIpc) is 3.34. The Hall–Kier alpha value is -2.86. The van der Waals surface area contributed by atoms with Crippen molar-refractivity contribution in [1.29, 1.82) is 0 Å². The largest absolute Gasteiger partial charge is 0.349 e. The van der Waals surface area contributed by atoms with Crippen LogP contribution in [0.3, 0.4) is 0 Å². The predicted molar refractivity (Wildman–Crippen MR) is 134 cm³/mol. The molecule has 0 radical (unpaired) electrons. The van der Waals surface area contributed by atoms with E-state index in [4.69, 9.17) is 0 Å². The van der Waals surface area contributed by atoms with Gasteiger partial charge < -0.3 is 5.32 Å². The molecule has 0 unspecified atom stereocenters. The molecule has 32 heavy (non-hydrogen) atoms. The molecule has 2 amide bonds. The van der Waals surface area contributed by atoms with Crippen LogP contribution in [0.2, 0.25) is 0 Å². The summed E-state index contributed by atoms with van der Waals surface area (Å²) in [7, 11) is 1.74. The SMILES string of the molecule is C/C=C(\C=N/C)c1ccc(C(=O)N(Cc2cccc(C(=O)NC3CCCC3)c2)SC)cc1. The fraction of sp³-hybridized carbons (Fsp3) is 0.346. The molecular formula is C26H31N3O2S. The van der Waals surface area contributed by atoms with Gasteiger partial charge in [-0.1, -0.05) is 55.1 Å². The summed E-state index contributed by atoms with van der Waals surface area (Å²) in [5.41, 5.74) is 4.23. The van der Waals surface area contributed by atoms with Crippen molar-refractivity contribution in [3.63, 3.8) is 0 Å². The van der Waals surface area contributed by atoms with Crippen LogP contribution in [0.25, 0.3) is 5.57 Å². The molecule has 0 aromatic heterocycles. The number of amides is 2. The molecule has 6 heteroatoms. The summed E-state index contributed by atoms with van der Waals surface area (Å²) >= 11 is 1.38. The molecule has 1 aliphatic rings. The summed E-state index contributed by atoms with van der Waals surface area (Å²) in [5, 5.41) is 3.13. The van der Waals surface area contributed by atoms with E-state index < -0.39 is 0 Å². The Labute approximate surface area is 195 Å². The molecule has 0 aliphatic heterocycles. The third-order valence-corrected chi connectivity index (χ3v) is 6.43. The highest BCUT2D eigenvalue weighted by atomic mass is 32.2. The molecule has 0 heterocycles. The van der Waals surface area contributed by atoms with Gasteiger partial charge in [0.25, 0.3) is 11.8 Å². The number of hydrogen-bond acceptors (Lipinski definition) is 4. The van der Waals surface area contributed by atoms with E-state index in [1.165, 1.54) is 24.8 Å². The number of rotatable bonds is 8. The Morgan fingerprint density at radius 1 is 1.09 bits per heavy atom. The van der Waals surface area contributed by atoms with Crippen LogP contribution in [0, 0.1) is 0 Å². The molecule has 1 N–H and O–H groups in total. The molecular weight excluding hydrogens is 418 g/mol. The molecule has 1 aliphatic carbocycles. The van der Waals surface area contributed by atoms with Gasteiger partial charge in [-0.05, 0) is 60.7 Å². The van der Waals surface area contributed by atoms with Gasteiger partial charge in [0, 0.05) is 36.7 Å². The van der Waals surface area contributed by atoms with Gasteiger partial charge in [0.15, 0.2) is 0 Å². The first-order valence-electron chi connectivity index (χ1n) is 11.0. The van der Waals surface area contributed by atoms with Gasteiger partial charge in [0.2, 0.25) is 0 Å². The van der Waals surface area contributed by atoms with Gasteiger partial charge in [0.1, 0.15) is 0 Å². The second-order valence-electron chi connectivity index (χ2n) is 7.89. The van der Waals surface area contributed by atoms with Crippen LogP contribution < -0.4 is 5.32 Å². The van der Waals surface area contributed by atoms with Crippen molar-refractivity contribution in [3.05, 3.63) is 76.9 Å². The average molecular weight is 450 g/mol. The molecule has 0 atom stereocenters. The Balaban J connectivity index is 1.69. The van der Waals surface area contributed by atoms with Crippen molar-refractivity contribution < 1.29 is 9.59 Å². The molecule has 2 aromatic rings. The first kappa shape index (κ1) is 23.8. The number of carbonyl (C=O) groups excluding carboxylic acids is 2.